The summed E-state index contributed by atoms with van der Waals surface area (Å²) in [4.78, 5) is 25.1. The Kier molecular flexibility index (Phi) is 5.08. The van der Waals surface area contributed by atoms with Gasteiger partial charge in [0.1, 0.15) is 16.9 Å². The van der Waals surface area contributed by atoms with Crippen molar-refractivity contribution >= 4 is 32.5 Å². The van der Waals surface area contributed by atoms with Gasteiger partial charge in [0.05, 0.1) is 4.90 Å². The van der Waals surface area contributed by atoms with Crippen LogP contribution < -0.4 is 10.3 Å². The third-order valence-corrected chi connectivity index (χ3v) is 6.09. The smallest absolute Gasteiger partial charge is 0.347 e. The monoisotopic (exact) mass is 435 g/mol. The second-order valence-corrected chi connectivity index (χ2v) is 8.68. The maximum Gasteiger partial charge on any atom is 0.347 e. The zero-order valence-corrected chi connectivity index (χ0v) is 17.1. The number of carbonyl (C=O) groups excluding carboxylic acids is 1. The van der Waals surface area contributed by atoms with Crippen LogP contribution in [-0.2, 0) is 10.0 Å². The fourth-order valence-corrected chi connectivity index (χ4v) is 4.09. The van der Waals surface area contributed by atoms with Crippen LogP contribution in [0.4, 0.5) is 5.69 Å². The van der Waals surface area contributed by atoms with Gasteiger partial charge in [-0.3, -0.25) is 9.52 Å². The average molecular weight is 435 g/mol. The van der Waals surface area contributed by atoms with Gasteiger partial charge in [0.15, 0.2) is 5.78 Å². The number of anilines is 1. The van der Waals surface area contributed by atoms with Gasteiger partial charge in [-0.1, -0.05) is 17.7 Å². The van der Waals surface area contributed by atoms with Gasteiger partial charge in [0.2, 0.25) is 0 Å². The summed E-state index contributed by atoms with van der Waals surface area (Å²) in [5.74, 6) is -0.616. The number of carbonyl (C=O) groups is 1. The molecular formula is C23H17NO6S. The summed E-state index contributed by atoms with van der Waals surface area (Å²) >= 11 is 0. The SMILES string of the molecule is Cc1ccc(S(=O)(=O)Nc2ccc(C(=O)c3cc4ccc(O)cc4oc3=O)cc2)cc1. The second-order valence-electron chi connectivity index (χ2n) is 6.99. The largest absolute Gasteiger partial charge is 0.508 e. The van der Waals surface area contributed by atoms with Crippen molar-refractivity contribution < 1.29 is 22.7 Å². The number of phenols is 1. The first-order chi connectivity index (χ1) is 14.7. The number of fused-ring (bicyclic) bond motifs is 1. The third-order valence-electron chi connectivity index (χ3n) is 4.69. The molecule has 0 saturated heterocycles. The molecule has 0 unspecified atom stereocenters. The van der Waals surface area contributed by atoms with Crippen LogP contribution in [-0.4, -0.2) is 19.3 Å². The highest BCUT2D eigenvalue weighted by Gasteiger charge is 2.17. The number of benzene rings is 3. The molecule has 0 aliphatic heterocycles. The average Bonchev–Trinajstić information content (AvgIpc) is 2.73. The molecule has 0 saturated carbocycles. The molecule has 156 valence electrons. The predicted molar refractivity (Wildman–Crippen MR) is 116 cm³/mol. The van der Waals surface area contributed by atoms with Crippen molar-refractivity contribution in [1.29, 1.82) is 0 Å². The molecule has 0 fully saturated rings. The number of hydrogen-bond donors (Lipinski definition) is 2. The van der Waals surface area contributed by atoms with E-state index in [1.54, 1.807) is 12.1 Å². The van der Waals surface area contributed by atoms with Gasteiger partial charge in [-0.2, -0.15) is 0 Å². The van der Waals surface area contributed by atoms with E-state index in [1.807, 2.05) is 6.92 Å². The Morgan fingerprint density at radius 2 is 1.61 bits per heavy atom. The highest BCUT2D eigenvalue weighted by Crippen LogP contribution is 2.21. The quantitative estimate of drug-likeness (QED) is 0.364. The van der Waals surface area contributed by atoms with Crippen molar-refractivity contribution in [2.75, 3.05) is 4.72 Å². The van der Waals surface area contributed by atoms with Gasteiger partial charge >= 0.3 is 5.63 Å². The van der Waals surface area contributed by atoms with Crippen LogP contribution in [0.25, 0.3) is 11.0 Å². The van der Waals surface area contributed by atoms with Crippen molar-refractivity contribution in [3.05, 3.63) is 99.9 Å². The van der Waals surface area contributed by atoms with E-state index in [1.165, 1.54) is 60.7 Å². The van der Waals surface area contributed by atoms with Crippen LogP contribution in [0.3, 0.4) is 0 Å². The van der Waals surface area contributed by atoms with Crippen molar-refractivity contribution in [3.63, 3.8) is 0 Å². The molecule has 3 aromatic carbocycles. The molecule has 8 heteroatoms. The van der Waals surface area contributed by atoms with E-state index in [2.05, 4.69) is 4.72 Å². The molecule has 0 amide bonds. The lowest BCUT2D eigenvalue weighted by Crippen LogP contribution is -2.15. The lowest BCUT2D eigenvalue weighted by Gasteiger charge is -2.09. The van der Waals surface area contributed by atoms with Crippen molar-refractivity contribution in [2.45, 2.75) is 11.8 Å². The van der Waals surface area contributed by atoms with E-state index in [4.69, 9.17) is 4.42 Å². The minimum absolute atomic E-state index is 0.0570. The number of sulfonamides is 1. The number of hydrogen-bond acceptors (Lipinski definition) is 6. The van der Waals surface area contributed by atoms with E-state index in [9.17, 15) is 23.1 Å². The molecule has 31 heavy (non-hydrogen) atoms. The summed E-state index contributed by atoms with van der Waals surface area (Å²) in [6.45, 7) is 1.86. The van der Waals surface area contributed by atoms with E-state index in [-0.39, 0.29) is 33.0 Å². The molecule has 0 radical (unpaired) electrons. The number of aryl methyl sites for hydroxylation is 1. The highest BCUT2D eigenvalue weighted by molar-refractivity contribution is 7.92. The van der Waals surface area contributed by atoms with Crippen LogP contribution in [0.5, 0.6) is 5.75 Å². The number of rotatable bonds is 5. The van der Waals surface area contributed by atoms with Crippen molar-refractivity contribution in [2.24, 2.45) is 0 Å². The number of phenolic OH excluding ortho intramolecular Hbond substituents is 1. The van der Waals surface area contributed by atoms with Gasteiger partial charge in [-0.25, -0.2) is 13.2 Å². The Labute approximate surface area is 177 Å². The number of aromatic hydroxyl groups is 1. The van der Waals surface area contributed by atoms with Gasteiger partial charge in [0.25, 0.3) is 10.0 Å². The lowest BCUT2D eigenvalue weighted by atomic mass is 10.0. The Balaban J connectivity index is 1.59. The molecule has 0 aliphatic rings. The fraction of sp³-hybridized carbons (Fsp3) is 0.0435. The van der Waals surface area contributed by atoms with Crippen molar-refractivity contribution in [1.82, 2.24) is 0 Å². The minimum atomic E-state index is -3.77. The summed E-state index contributed by atoms with van der Waals surface area (Å²) in [6, 6.07) is 17.8. The first-order valence-corrected chi connectivity index (χ1v) is 10.7. The van der Waals surface area contributed by atoms with E-state index >= 15 is 0 Å². The fourth-order valence-electron chi connectivity index (χ4n) is 3.03. The van der Waals surface area contributed by atoms with Crippen LogP contribution in [0.2, 0.25) is 0 Å². The molecule has 2 N–H and O–H groups in total. The van der Waals surface area contributed by atoms with Crippen LogP contribution in [0.15, 0.2) is 86.9 Å². The highest BCUT2D eigenvalue weighted by atomic mass is 32.2. The minimum Gasteiger partial charge on any atom is -0.508 e. The summed E-state index contributed by atoms with van der Waals surface area (Å²) in [5.41, 5.74) is 0.597. The van der Waals surface area contributed by atoms with E-state index in [0.29, 0.717) is 5.39 Å². The summed E-state index contributed by atoms with van der Waals surface area (Å²) in [5, 5.41) is 9.98. The first-order valence-electron chi connectivity index (χ1n) is 9.24. The van der Waals surface area contributed by atoms with E-state index < -0.39 is 21.4 Å². The van der Waals surface area contributed by atoms with Crippen LogP contribution in [0.1, 0.15) is 21.5 Å². The normalized spacial score (nSPS) is 11.4. The predicted octanol–water partition coefficient (Wildman–Crippen LogP) is 3.84. The topological polar surface area (TPSA) is 114 Å². The number of nitrogens with one attached hydrogen (secondary N) is 1. The van der Waals surface area contributed by atoms with E-state index in [0.717, 1.165) is 5.56 Å². The summed E-state index contributed by atoms with van der Waals surface area (Å²) in [7, 11) is -3.77. The zero-order chi connectivity index (χ0) is 22.2. The molecule has 7 nitrogen and oxygen atoms in total. The molecule has 0 aliphatic carbocycles. The standard InChI is InChI=1S/C23H17NO6S/c1-14-2-10-19(11-3-14)31(28,29)24-17-7-4-15(5-8-17)22(26)20-12-16-6-9-18(25)13-21(16)30-23(20)27/h2-13,24-25H,1H3. The van der Waals surface area contributed by atoms with Gasteiger partial charge < -0.3 is 9.52 Å². The number of ketones is 1. The molecule has 0 spiro atoms. The maximum absolute atomic E-state index is 12.8. The Morgan fingerprint density at radius 3 is 2.29 bits per heavy atom. The lowest BCUT2D eigenvalue weighted by molar-refractivity contribution is 0.103. The summed E-state index contributed by atoms with van der Waals surface area (Å²) in [6.07, 6.45) is 0. The summed E-state index contributed by atoms with van der Waals surface area (Å²) < 4.78 is 32.6. The molecule has 4 aromatic rings. The zero-order valence-electron chi connectivity index (χ0n) is 16.3. The molecular weight excluding hydrogens is 418 g/mol. The molecule has 4 rings (SSSR count). The Bertz CT molecular complexity index is 1450. The van der Waals surface area contributed by atoms with Crippen LogP contribution >= 0.6 is 0 Å². The third kappa shape index (κ3) is 4.19. The molecule has 1 heterocycles. The van der Waals surface area contributed by atoms with Crippen molar-refractivity contribution in [3.8, 4) is 5.75 Å². The first kappa shape index (κ1) is 20.4. The van der Waals surface area contributed by atoms with Gasteiger partial charge in [-0.15, -0.1) is 0 Å². The second kappa shape index (κ2) is 7.73. The van der Waals surface area contributed by atoms with Crippen LogP contribution in [0, 0.1) is 6.92 Å². The molecule has 1 aromatic heterocycles. The maximum atomic E-state index is 12.8. The Hall–Kier alpha value is -3.91. The molecule has 0 bridgehead atoms. The van der Waals surface area contributed by atoms with Gasteiger partial charge in [-0.05, 0) is 61.5 Å². The molecule has 0 atom stereocenters. The van der Waals surface area contributed by atoms with Gasteiger partial charge in [0, 0.05) is 22.7 Å². The Morgan fingerprint density at radius 1 is 0.935 bits per heavy atom.